The van der Waals surface area contributed by atoms with E-state index in [1.54, 1.807) is 5.57 Å². The van der Waals surface area contributed by atoms with Crippen LogP contribution in [-0.2, 0) is 6.42 Å². The highest BCUT2D eigenvalue weighted by Gasteiger charge is 2.47. The molecule has 0 bridgehead atoms. The topological polar surface area (TPSA) is 20.2 Å². The van der Waals surface area contributed by atoms with Gasteiger partial charge in [-0.05, 0) is 65.8 Å². The van der Waals surface area contributed by atoms with Crippen LogP contribution in [0, 0.1) is 11.3 Å². The van der Waals surface area contributed by atoms with Gasteiger partial charge in [-0.25, -0.2) is 0 Å². The fraction of sp³-hybridized carbons (Fsp3) is 0.400. The van der Waals surface area contributed by atoms with Crippen molar-refractivity contribution in [1.82, 2.24) is 0 Å². The van der Waals surface area contributed by atoms with Crippen LogP contribution >= 0.6 is 0 Å². The molecule has 1 N–H and O–H groups in total. The van der Waals surface area contributed by atoms with E-state index in [-0.39, 0.29) is 0 Å². The maximum absolute atomic E-state index is 9.70. The lowest BCUT2D eigenvalue weighted by Crippen LogP contribution is -2.35. The highest BCUT2D eigenvalue weighted by atomic mass is 16.3. The van der Waals surface area contributed by atoms with Gasteiger partial charge in [0.2, 0.25) is 0 Å². The van der Waals surface area contributed by atoms with Gasteiger partial charge in [0.15, 0.2) is 0 Å². The average molecular weight is 278 g/mol. The van der Waals surface area contributed by atoms with Crippen LogP contribution in [0.3, 0.4) is 0 Å². The summed E-state index contributed by atoms with van der Waals surface area (Å²) in [5.41, 5.74) is 6.12. The van der Waals surface area contributed by atoms with Gasteiger partial charge in [-0.1, -0.05) is 43.4 Å². The first kappa shape index (κ1) is 12.9. The first-order valence-electron chi connectivity index (χ1n) is 7.98. The summed E-state index contributed by atoms with van der Waals surface area (Å²) >= 11 is 0. The molecule has 1 heteroatoms. The van der Waals surface area contributed by atoms with E-state index in [4.69, 9.17) is 0 Å². The lowest BCUT2D eigenvalue weighted by Gasteiger charge is -2.46. The minimum atomic E-state index is 0.290. The Morgan fingerprint density at radius 2 is 2.19 bits per heavy atom. The number of benzene rings is 1. The van der Waals surface area contributed by atoms with Crippen molar-refractivity contribution < 1.29 is 5.11 Å². The lowest BCUT2D eigenvalue weighted by molar-refractivity contribution is 0.223. The van der Waals surface area contributed by atoms with E-state index in [9.17, 15) is 5.11 Å². The molecule has 0 spiro atoms. The Morgan fingerprint density at radius 3 is 3.00 bits per heavy atom. The zero-order chi connectivity index (χ0) is 14.6. The molecule has 21 heavy (non-hydrogen) atoms. The van der Waals surface area contributed by atoms with Gasteiger partial charge in [0.25, 0.3) is 0 Å². The summed E-state index contributed by atoms with van der Waals surface area (Å²) in [5.74, 6) is 1.60. The molecule has 1 aromatic carbocycles. The van der Waals surface area contributed by atoms with Gasteiger partial charge in [-0.2, -0.15) is 0 Å². The van der Waals surface area contributed by atoms with Crippen LogP contribution < -0.4 is 0 Å². The summed E-state index contributed by atoms with van der Waals surface area (Å²) in [6.45, 7) is 6.43. The molecule has 0 amide bonds. The van der Waals surface area contributed by atoms with E-state index in [2.05, 4.69) is 37.8 Å². The van der Waals surface area contributed by atoms with Crippen LogP contribution in [0.2, 0.25) is 0 Å². The van der Waals surface area contributed by atoms with E-state index < -0.39 is 0 Å². The Morgan fingerprint density at radius 1 is 1.33 bits per heavy atom. The van der Waals surface area contributed by atoms with Gasteiger partial charge in [0, 0.05) is 5.92 Å². The van der Waals surface area contributed by atoms with Crippen LogP contribution in [0.5, 0.6) is 5.75 Å². The summed E-state index contributed by atoms with van der Waals surface area (Å²) in [6.07, 6.45) is 11.5. The third kappa shape index (κ3) is 1.70. The first-order chi connectivity index (χ1) is 10.1. The Bertz CT molecular complexity index is 679. The van der Waals surface area contributed by atoms with Crippen molar-refractivity contribution >= 4 is 0 Å². The quantitative estimate of drug-likeness (QED) is 0.725. The zero-order valence-corrected chi connectivity index (χ0v) is 12.6. The molecular formula is C20H22O. The molecule has 3 aliphatic rings. The molecule has 0 aliphatic heterocycles. The van der Waals surface area contributed by atoms with Crippen molar-refractivity contribution in [3.05, 3.63) is 65.3 Å². The van der Waals surface area contributed by atoms with Crippen molar-refractivity contribution in [2.75, 3.05) is 0 Å². The van der Waals surface area contributed by atoms with E-state index in [1.807, 2.05) is 12.1 Å². The molecule has 3 aliphatic carbocycles. The number of fused-ring (bicyclic) bond motifs is 5. The number of hydrogen-bond acceptors (Lipinski definition) is 1. The average Bonchev–Trinajstić information content (AvgIpc) is 2.83. The Labute approximate surface area is 126 Å². The van der Waals surface area contributed by atoms with Crippen molar-refractivity contribution in [1.29, 1.82) is 0 Å². The fourth-order valence-corrected chi connectivity index (χ4v) is 4.89. The van der Waals surface area contributed by atoms with Crippen molar-refractivity contribution in [3.63, 3.8) is 0 Å². The van der Waals surface area contributed by atoms with Gasteiger partial charge >= 0.3 is 0 Å². The summed E-state index contributed by atoms with van der Waals surface area (Å²) in [4.78, 5) is 0. The number of aromatic hydroxyl groups is 1. The highest BCUT2D eigenvalue weighted by molar-refractivity contribution is 5.49. The maximum atomic E-state index is 9.70. The second-order valence-corrected chi connectivity index (χ2v) is 6.95. The maximum Gasteiger partial charge on any atom is 0.115 e. The highest BCUT2D eigenvalue weighted by Crippen LogP contribution is 2.59. The number of phenolic OH excluding ortho intramolecular Hbond substituents is 1. The van der Waals surface area contributed by atoms with Gasteiger partial charge in [0.05, 0.1) is 0 Å². The van der Waals surface area contributed by atoms with Crippen LogP contribution in [0.25, 0.3) is 0 Å². The van der Waals surface area contributed by atoms with Crippen molar-refractivity contribution in [3.8, 4) is 5.75 Å². The minimum absolute atomic E-state index is 0.290. The van der Waals surface area contributed by atoms with Crippen molar-refractivity contribution in [2.45, 2.75) is 38.5 Å². The normalized spacial score (nSPS) is 33.4. The molecule has 3 atom stereocenters. The first-order valence-corrected chi connectivity index (χ1v) is 7.98. The van der Waals surface area contributed by atoms with E-state index in [0.717, 1.165) is 12.8 Å². The van der Waals surface area contributed by atoms with Gasteiger partial charge in [0.1, 0.15) is 5.75 Å². The molecule has 0 heterocycles. The number of rotatable bonds is 1. The van der Waals surface area contributed by atoms with E-state index in [1.165, 1.54) is 29.5 Å². The van der Waals surface area contributed by atoms with Gasteiger partial charge in [-0.15, -0.1) is 0 Å². The SMILES string of the molecule is C=CC1=CC[C@H]2C3=CCc4cc(O)ccc4[C@H]3CC[C@]12C. The van der Waals surface area contributed by atoms with Crippen molar-refractivity contribution in [2.24, 2.45) is 11.3 Å². The third-order valence-corrected chi connectivity index (χ3v) is 6.04. The molecule has 108 valence electrons. The lowest BCUT2D eigenvalue weighted by atomic mass is 9.58. The molecule has 1 fully saturated rings. The monoisotopic (exact) mass is 278 g/mol. The second kappa shape index (κ2) is 4.37. The molecule has 0 radical (unpaired) electrons. The molecule has 1 saturated carbocycles. The third-order valence-electron chi connectivity index (χ3n) is 6.04. The van der Waals surface area contributed by atoms with Crippen LogP contribution in [0.15, 0.2) is 54.2 Å². The smallest absolute Gasteiger partial charge is 0.115 e. The van der Waals surface area contributed by atoms with E-state index in [0.29, 0.717) is 23.0 Å². The van der Waals surface area contributed by atoms with Gasteiger partial charge in [-0.3, -0.25) is 0 Å². The zero-order valence-electron chi connectivity index (χ0n) is 12.6. The molecule has 0 unspecified atom stereocenters. The van der Waals surface area contributed by atoms with Crippen LogP contribution in [0.1, 0.15) is 43.2 Å². The molecule has 0 saturated heterocycles. The summed E-state index contributed by atoms with van der Waals surface area (Å²) in [7, 11) is 0. The van der Waals surface area contributed by atoms with Crippen LogP contribution in [-0.4, -0.2) is 5.11 Å². The largest absolute Gasteiger partial charge is 0.508 e. The molecule has 0 aromatic heterocycles. The summed E-state index contributed by atoms with van der Waals surface area (Å²) < 4.78 is 0. The fourth-order valence-electron chi connectivity index (χ4n) is 4.89. The van der Waals surface area contributed by atoms with Gasteiger partial charge < -0.3 is 5.11 Å². The number of hydrogen-bond donors (Lipinski definition) is 1. The summed E-state index contributed by atoms with van der Waals surface area (Å²) in [6, 6.07) is 5.93. The Balaban J connectivity index is 1.75. The minimum Gasteiger partial charge on any atom is -0.508 e. The predicted molar refractivity (Wildman–Crippen MR) is 86.4 cm³/mol. The predicted octanol–water partition coefficient (Wildman–Crippen LogP) is 4.89. The second-order valence-electron chi connectivity index (χ2n) is 6.95. The summed E-state index contributed by atoms with van der Waals surface area (Å²) in [5, 5.41) is 9.70. The number of phenols is 1. The molecule has 4 rings (SSSR count). The standard InChI is InChI=1S/C20H22O/c1-3-14-5-9-19-18-7-4-13-12-15(21)6-8-16(13)17(18)10-11-20(14,19)2/h3,5-8,12,17,19,21H,1,4,9-11H2,2H3/t17-,19+,20-/m1/s1. The Kier molecular flexibility index (Phi) is 2.69. The van der Waals surface area contributed by atoms with E-state index >= 15 is 0 Å². The molecule has 1 nitrogen and oxygen atoms in total. The Hall–Kier alpha value is -1.76. The molecule has 1 aromatic rings. The van der Waals surface area contributed by atoms with Crippen LogP contribution in [0.4, 0.5) is 0 Å². The molecular weight excluding hydrogens is 256 g/mol. The number of allylic oxidation sites excluding steroid dienone is 5.